The van der Waals surface area contributed by atoms with Gasteiger partial charge in [-0.1, -0.05) is 12.1 Å². The summed E-state index contributed by atoms with van der Waals surface area (Å²) < 4.78 is 42.7. The number of hydrogen-bond donors (Lipinski definition) is 0. The molecule has 1 aliphatic rings. The lowest BCUT2D eigenvalue weighted by Crippen LogP contribution is -2.41. The van der Waals surface area contributed by atoms with Gasteiger partial charge in [0.1, 0.15) is 12.7 Å². The molecule has 0 spiro atoms. The molecule has 0 fully saturated rings. The molecule has 0 aromatic heterocycles. The molecule has 0 amide bonds. The Kier molecular flexibility index (Phi) is 5.15. The van der Waals surface area contributed by atoms with E-state index in [2.05, 4.69) is 4.74 Å². The molecule has 26 heavy (non-hydrogen) atoms. The Labute approximate surface area is 152 Å². The van der Waals surface area contributed by atoms with Crippen LogP contribution in [-0.4, -0.2) is 52.1 Å². The van der Waals surface area contributed by atoms with Crippen molar-refractivity contribution in [2.45, 2.75) is 11.0 Å². The third kappa shape index (κ3) is 3.66. The standard InChI is InChI=1S/C18H19NO6S/c1-19(11-14-12-24-16-5-3-4-6-17(16)25-14)26(21,22)15-9-7-13(8-10-15)18(20)23-2/h3-10,14H,11-12H2,1-2H3. The smallest absolute Gasteiger partial charge is 0.337 e. The minimum Gasteiger partial charge on any atom is -0.486 e. The zero-order chi connectivity index (χ0) is 18.7. The highest BCUT2D eigenvalue weighted by atomic mass is 32.2. The van der Waals surface area contributed by atoms with Gasteiger partial charge in [0.2, 0.25) is 10.0 Å². The zero-order valence-corrected chi connectivity index (χ0v) is 15.2. The number of methoxy groups -OCH3 is 1. The van der Waals surface area contributed by atoms with Gasteiger partial charge in [0.25, 0.3) is 0 Å². The van der Waals surface area contributed by atoms with Crippen molar-refractivity contribution in [2.75, 3.05) is 27.3 Å². The van der Waals surface area contributed by atoms with Crippen LogP contribution in [0.2, 0.25) is 0 Å². The number of sulfonamides is 1. The number of benzene rings is 2. The molecule has 0 radical (unpaired) electrons. The minimum atomic E-state index is -3.72. The molecule has 138 valence electrons. The van der Waals surface area contributed by atoms with E-state index >= 15 is 0 Å². The van der Waals surface area contributed by atoms with Crippen LogP contribution in [0.3, 0.4) is 0 Å². The topological polar surface area (TPSA) is 82.1 Å². The minimum absolute atomic E-state index is 0.0878. The summed E-state index contributed by atoms with van der Waals surface area (Å²) in [5.74, 6) is 0.721. The van der Waals surface area contributed by atoms with Crippen molar-refractivity contribution in [3.63, 3.8) is 0 Å². The number of rotatable bonds is 5. The second-order valence-corrected chi connectivity index (χ2v) is 7.84. The van der Waals surface area contributed by atoms with Gasteiger partial charge in [-0.2, -0.15) is 4.31 Å². The highest BCUT2D eigenvalue weighted by Gasteiger charge is 2.28. The van der Waals surface area contributed by atoms with Crippen LogP contribution in [0.4, 0.5) is 0 Å². The summed E-state index contributed by atoms with van der Waals surface area (Å²) in [7, 11) is -0.971. The first kappa shape index (κ1) is 18.2. The van der Waals surface area contributed by atoms with Crippen LogP contribution < -0.4 is 9.47 Å². The third-order valence-electron chi connectivity index (χ3n) is 4.01. The normalized spacial score (nSPS) is 16.3. The number of nitrogens with zero attached hydrogens (tertiary/aromatic N) is 1. The summed E-state index contributed by atoms with van der Waals surface area (Å²) in [5, 5.41) is 0. The van der Waals surface area contributed by atoms with Crippen molar-refractivity contribution in [3.05, 3.63) is 54.1 Å². The van der Waals surface area contributed by atoms with Crippen LogP contribution in [0, 0.1) is 0 Å². The quantitative estimate of drug-likeness (QED) is 0.741. The summed E-state index contributed by atoms with van der Waals surface area (Å²) in [4.78, 5) is 11.5. The Morgan fingerprint density at radius 2 is 1.81 bits per heavy atom. The molecule has 7 nitrogen and oxygen atoms in total. The first-order chi connectivity index (χ1) is 12.4. The molecule has 1 heterocycles. The third-order valence-corrected chi connectivity index (χ3v) is 5.85. The van der Waals surface area contributed by atoms with Crippen LogP contribution in [0.1, 0.15) is 10.4 Å². The number of carbonyl (C=O) groups excluding carboxylic acids is 1. The number of fused-ring (bicyclic) bond motifs is 1. The highest BCUT2D eigenvalue weighted by Crippen LogP contribution is 2.31. The predicted octanol–water partition coefficient (Wildman–Crippen LogP) is 1.93. The lowest BCUT2D eigenvalue weighted by molar-refractivity contribution is 0.0600. The maximum Gasteiger partial charge on any atom is 0.337 e. The van der Waals surface area contributed by atoms with Crippen molar-refractivity contribution in [2.24, 2.45) is 0 Å². The monoisotopic (exact) mass is 377 g/mol. The Morgan fingerprint density at radius 3 is 2.46 bits per heavy atom. The van der Waals surface area contributed by atoms with E-state index in [1.807, 2.05) is 12.1 Å². The SMILES string of the molecule is COC(=O)c1ccc(S(=O)(=O)N(C)CC2COc3ccccc3O2)cc1. The van der Waals surface area contributed by atoms with Crippen LogP contribution in [0.5, 0.6) is 11.5 Å². The summed E-state index contributed by atoms with van der Waals surface area (Å²) in [6.07, 6.45) is -0.418. The van der Waals surface area contributed by atoms with E-state index < -0.39 is 22.1 Å². The molecule has 1 aliphatic heterocycles. The Balaban J connectivity index is 1.71. The van der Waals surface area contributed by atoms with Crippen molar-refractivity contribution >= 4 is 16.0 Å². The molecule has 0 bridgehead atoms. The summed E-state index contributed by atoms with van der Waals surface area (Å²) in [6.45, 7) is 0.396. The number of para-hydroxylation sites is 2. The Hall–Kier alpha value is -2.58. The maximum absolute atomic E-state index is 12.7. The Morgan fingerprint density at radius 1 is 1.15 bits per heavy atom. The fourth-order valence-corrected chi connectivity index (χ4v) is 3.80. The fraction of sp³-hybridized carbons (Fsp3) is 0.278. The van der Waals surface area contributed by atoms with E-state index in [0.29, 0.717) is 11.5 Å². The lowest BCUT2D eigenvalue weighted by Gasteiger charge is -2.29. The number of likely N-dealkylation sites (N-methyl/N-ethyl adjacent to an activating group) is 1. The maximum atomic E-state index is 12.7. The molecular weight excluding hydrogens is 358 g/mol. The molecule has 0 saturated carbocycles. The van der Waals surface area contributed by atoms with Gasteiger partial charge in [0.15, 0.2) is 11.5 Å². The summed E-state index contributed by atoms with van der Waals surface area (Å²) in [5.41, 5.74) is 0.287. The molecular formula is C18H19NO6S. The van der Waals surface area contributed by atoms with Gasteiger partial charge in [0.05, 0.1) is 24.1 Å². The predicted molar refractivity (Wildman–Crippen MR) is 94.0 cm³/mol. The second-order valence-electron chi connectivity index (χ2n) is 5.80. The van der Waals surface area contributed by atoms with Crippen molar-refractivity contribution in [1.29, 1.82) is 0 Å². The van der Waals surface area contributed by atoms with Gasteiger partial charge in [-0.3, -0.25) is 0 Å². The van der Waals surface area contributed by atoms with Gasteiger partial charge in [-0.05, 0) is 36.4 Å². The fourth-order valence-electron chi connectivity index (χ4n) is 2.60. The number of hydrogen-bond acceptors (Lipinski definition) is 6. The first-order valence-electron chi connectivity index (χ1n) is 7.95. The van der Waals surface area contributed by atoms with Gasteiger partial charge < -0.3 is 14.2 Å². The molecule has 2 aromatic rings. The number of esters is 1. The largest absolute Gasteiger partial charge is 0.486 e. The highest BCUT2D eigenvalue weighted by molar-refractivity contribution is 7.89. The number of carbonyl (C=O) groups is 1. The van der Waals surface area contributed by atoms with Crippen LogP contribution >= 0.6 is 0 Å². The van der Waals surface area contributed by atoms with Gasteiger partial charge in [-0.15, -0.1) is 0 Å². The molecule has 2 aromatic carbocycles. The molecule has 8 heteroatoms. The van der Waals surface area contributed by atoms with Gasteiger partial charge in [-0.25, -0.2) is 13.2 Å². The van der Waals surface area contributed by atoms with Crippen molar-refractivity contribution in [3.8, 4) is 11.5 Å². The second kappa shape index (κ2) is 7.35. The van der Waals surface area contributed by atoms with Crippen LogP contribution in [0.15, 0.2) is 53.4 Å². The first-order valence-corrected chi connectivity index (χ1v) is 9.39. The molecule has 0 N–H and O–H groups in total. The average Bonchev–Trinajstić information content (AvgIpc) is 2.67. The summed E-state index contributed by atoms with van der Waals surface area (Å²) >= 11 is 0. The van der Waals surface area contributed by atoms with Crippen molar-refractivity contribution < 1.29 is 27.4 Å². The molecule has 1 unspecified atom stereocenters. The van der Waals surface area contributed by atoms with E-state index in [9.17, 15) is 13.2 Å². The van der Waals surface area contributed by atoms with E-state index in [-0.39, 0.29) is 23.6 Å². The van der Waals surface area contributed by atoms with Crippen molar-refractivity contribution in [1.82, 2.24) is 4.31 Å². The zero-order valence-electron chi connectivity index (χ0n) is 14.4. The van der Waals surface area contributed by atoms with Crippen LogP contribution in [-0.2, 0) is 14.8 Å². The molecule has 0 aliphatic carbocycles. The van der Waals surface area contributed by atoms with Gasteiger partial charge >= 0.3 is 5.97 Å². The Bertz CT molecular complexity index is 894. The molecule has 3 rings (SSSR count). The number of ether oxygens (including phenoxy) is 3. The molecule has 1 atom stereocenters. The van der Waals surface area contributed by atoms with E-state index in [1.54, 1.807) is 12.1 Å². The molecule has 0 saturated heterocycles. The van der Waals surface area contributed by atoms with E-state index in [4.69, 9.17) is 9.47 Å². The van der Waals surface area contributed by atoms with E-state index in [1.165, 1.54) is 42.7 Å². The average molecular weight is 377 g/mol. The van der Waals surface area contributed by atoms with E-state index in [0.717, 1.165) is 0 Å². The van der Waals surface area contributed by atoms with Gasteiger partial charge in [0, 0.05) is 7.05 Å². The van der Waals surface area contributed by atoms with Crippen LogP contribution in [0.25, 0.3) is 0 Å². The summed E-state index contributed by atoms with van der Waals surface area (Å²) in [6, 6.07) is 12.9. The lowest BCUT2D eigenvalue weighted by atomic mass is 10.2.